The first-order chi connectivity index (χ1) is 9.56. The van der Waals surface area contributed by atoms with E-state index < -0.39 is 0 Å². The average molecular weight is 276 g/mol. The fourth-order valence-corrected chi connectivity index (χ4v) is 3.23. The zero-order valence-corrected chi connectivity index (χ0v) is 13.3. The van der Waals surface area contributed by atoms with Crippen LogP contribution >= 0.6 is 0 Å². The van der Waals surface area contributed by atoms with Crippen LogP contribution < -0.4 is 10.6 Å². The van der Waals surface area contributed by atoms with Gasteiger partial charge in [-0.1, -0.05) is 20.3 Å². The highest BCUT2D eigenvalue weighted by atomic mass is 15.3. The molecule has 20 heavy (non-hydrogen) atoms. The molecule has 112 valence electrons. The predicted octanol–water partition coefficient (Wildman–Crippen LogP) is 2.86. The summed E-state index contributed by atoms with van der Waals surface area (Å²) < 4.78 is 0. The fourth-order valence-electron chi connectivity index (χ4n) is 3.23. The van der Waals surface area contributed by atoms with Crippen LogP contribution in [-0.4, -0.2) is 29.1 Å². The zero-order valence-electron chi connectivity index (χ0n) is 13.3. The largest absolute Gasteiger partial charge is 0.338 e. The van der Waals surface area contributed by atoms with E-state index in [9.17, 15) is 0 Å². The maximum absolute atomic E-state index is 5.94. The summed E-state index contributed by atoms with van der Waals surface area (Å²) in [4.78, 5) is 11.8. The zero-order chi connectivity index (χ0) is 14.7. The summed E-state index contributed by atoms with van der Waals surface area (Å²) in [6.45, 7) is 10.3. The van der Waals surface area contributed by atoms with Crippen LogP contribution in [0.3, 0.4) is 0 Å². The van der Waals surface area contributed by atoms with Gasteiger partial charge < -0.3 is 10.6 Å². The van der Waals surface area contributed by atoms with Gasteiger partial charge in [0.2, 0.25) is 5.95 Å². The molecule has 1 aliphatic carbocycles. The molecular weight excluding hydrogens is 248 g/mol. The summed E-state index contributed by atoms with van der Waals surface area (Å²) in [5.41, 5.74) is 8.12. The molecule has 0 radical (unpaired) electrons. The lowest BCUT2D eigenvalue weighted by Gasteiger charge is -2.32. The molecule has 1 aromatic rings. The van der Waals surface area contributed by atoms with Crippen LogP contribution in [-0.2, 0) is 0 Å². The number of hydrogen-bond donors (Lipinski definition) is 1. The van der Waals surface area contributed by atoms with Crippen LogP contribution in [0.1, 0.15) is 57.3 Å². The van der Waals surface area contributed by atoms with Gasteiger partial charge in [-0.3, -0.25) is 0 Å². The lowest BCUT2D eigenvalue weighted by atomic mass is 10.0. The lowest BCUT2D eigenvalue weighted by Crippen LogP contribution is -2.41. The molecule has 0 aliphatic heterocycles. The average Bonchev–Trinajstić information content (AvgIpc) is 2.87. The Kier molecular flexibility index (Phi) is 4.97. The van der Waals surface area contributed by atoms with Crippen LogP contribution in [0.25, 0.3) is 0 Å². The van der Waals surface area contributed by atoms with Crippen molar-refractivity contribution < 1.29 is 0 Å². The van der Waals surface area contributed by atoms with Crippen molar-refractivity contribution in [3.8, 4) is 0 Å². The SMILES string of the molecule is CCN(c1nc(C)cc(C(C)C)n1)C1CCCC1CN. The van der Waals surface area contributed by atoms with Crippen molar-refractivity contribution in [1.29, 1.82) is 0 Å². The lowest BCUT2D eigenvalue weighted by molar-refractivity contribution is 0.456. The quantitative estimate of drug-likeness (QED) is 0.898. The number of rotatable bonds is 5. The van der Waals surface area contributed by atoms with Crippen LogP contribution in [0.2, 0.25) is 0 Å². The molecule has 1 heterocycles. The van der Waals surface area contributed by atoms with Gasteiger partial charge in [-0.2, -0.15) is 0 Å². The van der Waals surface area contributed by atoms with Crippen LogP contribution in [0.5, 0.6) is 0 Å². The Morgan fingerprint density at radius 1 is 1.35 bits per heavy atom. The van der Waals surface area contributed by atoms with Gasteiger partial charge in [0.1, 0.15) is 0 Å². The van der Waals surface area contributed by atoms with E-state index in [0.29, 0.717) is 17.9 Å². The van der Waals surface area contributed by atoms with Crippen molar-refractivity contribution in [2.45, 2.75) is 58.9 Å². The fraction of sp³-hybridized carbons (Fsp3) is 0.750. The van der Waals surface area contributed by atoms with Crippen molar-refractivity contribution in [2.24, 2.45) is 11.7 Å². The van der Waals surface area contributed by atoms with Crippen LogP contribution in [0, 0.1) is 12.8 Å². The van der Waals surface area contributed by atoms with E-state index in [-0.39, 0.29) is 0 Å². The number of nitrogens with zero attached hydrogens (tertiary/aromatic N) is 3. The summed E-state index contributed by atoms with van der Waals surface area (Å²) in [5.74, 6) is 1.91. The molecule has 2 atom stereocenters. The van der Waals surface area contributed by atoms with Crippen molar-refractivity contribution in [2.75, 3.05) is 18.0 Å². The van der Waals surface area contributed by atoms with Crippen LogP contribution in [0.4, 0.5) is 5.95 Å². The first kappa shape index (κ1) is 15.2. The maximum Gasteiger partial charge on any atom is 0.226 e. The molecule has 0 spiro atoms. The molecule has 2 N–H and O–H groups in total. The monoisotopic (exact) mass is 276 g/mol. The second-order valence-corrected chi connectivity index (χ2v) is 6.17. The number of hydrogen-bond acceptors (Lipinski definition) is 4. The molecule has 1 fully saturated rings. The van der Waals surface area contributed by atoms with E-state index in [1.807, 2.05) is 0 Å². The first-order valence-corrected chi connectivity index (χ1v) is 7.89. The molecule has 2 rings (SSSR count). The number of anilines is 1. The minimum absolute atomic E-state index is 0.433. The third kappa shape index (κ3) is 3.11. The van der Waals surface area contributed by atoms with E-state index >= 15 is 0 Å². The van der Waals surface area contributed by atoms with E-state index in [0.717, 1.165) is 30.4 Å². The topological polar surface area (TPSA) is 55.0 Å². The molecule has 0 saturated heterocycles. The molecule has 1 saturated carbocycles. The Hall–Kier alpha value is -1.16. The molecule has 0 aromatic carbocycles. The molecule has 1 aliphatic rings. The molecule has 4 heteroatoms. The van der Waals surface area contributed by atoms with E-state index in [2.05, 4.69) is 43.6 Å². The molecular formula is C16H28N4. The summed E-state index contributed by atoms with van der Waals surface area (Å²) >= 11 is 0. The van der Waals surface area contributed by atoms with E-state index in [1.165, 1.54) is 19.3 Å². The summed E-state index contributed by atoms with van der Waals surface area (Å²) in [7, 11) is 0. The van der Waals surface area contributed by atoms with Gasteiger partial charge in [-0.15, -0.1) is 0 Å². The van der Waals surface area contributed by atoms with Gasteiger partial charge in [0, 0.05) is 24.0 Å². The predicted molar refractivity (Wildman–Crippen MR) is 84.1 cm³/mol. The van der Waals surface area contributed by atoms with Crippen LogP contribution in [0.15, 0.2) is 6.07 Å². The number of nitrogens with two attached hydrogens (primary N) is 1. The van der Waals surface area contributed by atoms with Crippen molar-refractivity contribution in [3.63, 3.8) is 0 Å². The molecule has 0 bridgehead atoms. The standard InChI is InChI=1S/C16H28N4/c1-5-20(15-8-6-7-13(15)10-17)16-18-12(4)9-14(19-16)11(2)3/h9,11,13,15H,5-8,10,17H2,1-4H3. The van der Waals surface area contributed by atoms with Gasteiger partial charge in [-0.25, -0.2) is 9.97 Å². The van der Waals surface area contributed by atoms with E-state index in [1.54, 1.807) is 0 Å². The molecule has 1 aromatic heterocycles. The Labute approximate surface area is 122 Å². The Morgan fingerprint density at radius 3 is 2.70 bits per heavy atom. The number of aromatic nitrogens is 2. The minimum atomic E-state index is 0.433. The Morgan fingerprint density at radius 2 is 2.10 bits per heavy atom. The van der Waals surface area contributed by atoms with Crippen molar-refractivity contribution in [1.82, 2.24) is 9.97 Å². The number of aryl methyl sites for hydroxylation is 1. The van der Waals surface area contributed by atoms with Gasteiger partial charge >= 0.3 is 0 Å². The molecule has 2 unspecified atom stereocenters. The van der Waals surface area contributed by atoms with Gasteiger partial charge in [0.05, 0.1) is 0 Å². The second-order valence-electron chi connectivity index (χ2n) is 6.17. The molecule has 0 amide bonds. The van der Waals surface area contributed by atoms with Gasteiger partial charge in [0.25, 0.3) is 0 Å². The highest BCUT2D eigenvalue weighted by Crippen LogP contribution is 2.31. The molecule has 4 nitrogen and oxygen atoms in total. The summed E-state index contributed by atoms with van der Waals surface area (Å²) in [6, 6.07) is 2.60. The Bertz CT molecular complexity index is 444. The smallest absolute Gasteiger partial charge is 0.226 e. The second kappa shape index (κ2) is 6.53. The third-order valence-electron chi connectivity index (χ3n) is 4.37. The minimum Gasteiger partial charge on any atom is -0.338 e. The normalized spacial score (nSPS) is 22.5. The first-order valence-electron chi connectivity index (χ1n) is 7.89. The summed E-state index contributed by atoms with van der Waals surface area (Å²) in [5, 5.41) is 0. The third-order valence-corrected chi connectivity index (χ3v) is 4.37. The Balaban J connectivity index is 2.31. The highest BCUT2D eigenvalue weighted by Gasteiger charge is 2.32. The van der Waals surface area contributed by atoms with Crippen molar-refractivity contribution >= 4 is 5.95 Å². The summed E-state index contributed by atoms with van der Waals surface area (Å²) in [6.07, 6.45) is 3.72. The van der Waals surface area contributed by atoms with Gasteiger partial charge in [-0.05, 0) is 51.1 Å². The highest BCUT2D eigenvalue weighted by molar-refractivity contribution is 5.35. The van der Waals surface area contributed by atoms with Crippen molar-refractivity contribution in [3.05, 3.63) is 17.5 Å². The maximum atomic E-state index is 5.94. The van der Waals surface area contributed by atoms with E-state index in [4.69, 9.17) is 10.7 Å². The van der Waals surface area contributed by atoms with Gasteiger partial charge in [0.15, 0.2) is 0 Å².